The maximum Gasteiger partial charge on any atom is 0.135 e. The first kappa shape index (κ1) is 12.0. The first-order valence-electron chi connectivity index (χ1n) is 5.09. The lowest BCUT2D eigenvalue weighted by Gasteiger charge is -2.10. The molecule has 0 saturated carbocycles. The minimum atomic E-state index is 0.179. The summed E-state index contributed by atoms with van der Waals surface area (Å²) in [5, 5.41) is 0. The molecule has 0 heterocycles. The van der Waals surface area contributed by atoms with Crippen molar-refractivity contribution >= 4 is 12.6 Å². The van der Waals surface area contributed by atoms with Gasteiger partial charge in [-0.2, -0.15) is 12.6 Å². The van der Waals surface area contributed by atoms with Crippen LogP contribution in [0.25, 0.3) is 0 Å². The molecule has 1 aromatic carbocycles. The van der Waals surface area contributed by atoms with Crippen LogP contribution in [0.3, 0.4) is 0 Å². The predicted molar refractivity (Wildman–Crippen MR) is 67.6 cm³/mol. The third kappa shape index (κ3) is 4.31. The summed E-state index contributed by atoms with van der Waals surface area (Å²) < 4.78 is 5.65. The number of para-hydroxylation sites is 1. The van der Waals surface area contributed by atoms with Crippen molar-refractivity contribution in [3.05, 3.63) is 29.8 Å². The lowest BCUT2D eigenvalue weighted by Crippen LogP contribution is -2.06. The maximum absolute atomic E-state index is 5.65. The van der Waals surface area contributed by atoms with Gasteiger partial charge in [-0.25, -0.2) is 0 Å². The molecular weight excluding hydrogens is 204 g/mol. The Labute approximate surface area is 97.3 Å². The van der Waals surface area contributed by atoms with Crippen LogP contribution in [-0.4, -0.2) is 11.9 Å². The molecule has 0 spiro atoms. The molecule has 0 N–H and O–H groups in total. The van der Waals surface area contributed by atoms with Gasteiger partial charge in [-0.15, -0.1) is 0 Å². The van der Waals surface area contributed by atoms with Gasteiger partial charge in [0.25, 0.3) is 0 Å². The highest BCUT2D eigenvalue weighted by Crippen LogP contribution is 2.17. The van der Waals surface area contributed by atoms with E-state index in [9.17, 15) is 0 Å². The number of ether oxygens (including phenoxy) is 1. The highest BCUT2D eigenvalue weighted by Gasteiger charge is 2.01. The van der Waals surface area contributed by atoms with E-state index in [1.807, 2.05) is 38.1 Å². The van der Waals surface area contributed by atoms with Crippen LogP contribution in [0, 0.1) is 11.8 Å². The van der Waals surface area contributed by atoms with Crippen LogP contribution in [0.2, 0.25) is 0 Å². The largest absolute Gasteiger partial charge is 0.490 e. The van der Waals surface area contributed by atoms with E-state index in [-0.39, 0.29) is 6.10 Å². The molecule has 0 aliphatic carbocycles. The smallest absolute Gasteiger partial charge is 0.135 e. The molecule has 1 aromatic rings. The quantitative estimate of drug-likeness (QED) is 0.608. The summed E-state index contributed by atoms with van der Waals surface area (Å²) in [6.07, 6.45) is 0.983. The number of hydrogen-bond donors (Lipinski definition) is 1. The molecule has 0 atom stereocenters. The van der Waals surface area contributed by atoms with Crippen LogP contribution >= 0.6 is 12.6 Å². The van der Waals surface area contributed by atoms with Gasteiger partial charge in [0, 0.05) is 12.2 Å². The average molecular weight is 220 g/mol. The van der Waals surface area contributed by atoms with Gasteiger partial charge in [0.1, 0.15) is 5.75 Å². The fraction of sp³-hybridized carbons (Fsp3) is 0.385. The summed E-state index contributed by atoms with van der Waals surface area (Å²) in [5.74, 6) is 7.81. The maximum atomic E-state index is 5.65. The molecule has 0 amide bonds. The molecule has 0 saturated heterocycles. The molecule has 0 radical (unpaired) electrons. The van der Waals surface area contributed by atoms with Crippen LogP contribution in [0.1, 0.15) is 25.8 Å². The van der Waals surface area contributed by atoms with Gasteiger partial charge in [-0.3, -0.25) is 0 Å². The Morgan fingerprint density at radius 2 is 2.07 bits per heavy atom. The Bertz CT molecular complexity index is 360. The second kappa shape index (κ2) is 6.42. The third-order valence-corrected chi connectivity index (χ3v) is 1.93. The Morgan fingerprint density at radius 1 is 1.33 bits per heavy atom. The van der Waals surface area contributed by atoms with Gasteiger partial charge >= 0.3 is 0 Å². The van der Waals surface area contributed by atoms with Gasteiger partial charge < -0.3 is 4.74 Å². The molecule has 0 aliphatic heterocycles. The van der Waals surface area contributed by atoms with Crippen molar-refractivity contribution in [3.63, 3.8) is 0 Å². The van der Waals surface area contributed by atoms with Crippen molar-refractivity contribution < 1.29 is 4.74 Å². The van der Waals surface area contributed by atoms with Crippen LogP contribution in [0.4, 0.5) is 0 Å². The second-order valence-electron chi connectivity index (χ2n) is 3.44. The summed E-state index contributed by atoms with van der Waals surface area (Å²) in [6, 6.07) is 7.85. The molecule has 15 heavy (non-hydrogen) atoms. The van der Waals surface area contributed by atoms with Crippen molar-refractivity contribution in [2.24, 2.45) is 0 Å². The standard InChI is InChI=1S/C13H16OS/c1-11(2)14-13-9-4-3-7-12(13)8-5-6-10-15/h3-4,7,9,11,15H,6,10H2,1-2H3. The Hall–Kier alpha value is -1.07. The Morgan fingerprint density at radius 3 is 2.73 bits per heavy atom. The summed E-state index contributed by atoms with van der Waals surface area (Å²) in [5.41, 5.74) is 0.952. The molecule has 0 bridgehead atoms. The van der Waals surface area contributed by atoms with Gasteiger partial charge in [0.05, 0.1) is 11.7 Å². The highest BCUT2D eigenvalue weighted by atomic mass is 32.1. The van der Waals surface area contributed by atoms with Crippen molar-refractivity contribution in [1.29, 1.82) is 0 Å². The zero-order chi connectivity index (χ0) is 11.1. The first-order valence-corrected chi connectivity index (χ1v) is 5.72. The SMILES string of the molecule is CC(C)Oc1ccccc1C#CCCS. The topological polar surface area (TPSA) is 9.23 Å². The van der Waals surface area contributed by atoms with E-state index in [2.05, 4.69) is 24.5 Å². The molecule has 0 fully saturated rings. The average Bonchev–Trinajstić information content (AvgIpc) is 2.20. The number of hydrogen-bond acceptors (Lipinski definition) is 2. The van der Waals surface area contributed by atoms with E-state index < -0.39 is 0 Å². The highest BCUT2D eigenvalue weighted by molar-refractivity contribution is 7.80. The van der Waals surface area contributed by atoms with E-state index in [4.69, 9.17) is 4.74 Å². The normalized spacial score (nSPS) is 9.60. The molecule has 0 aromatic heterocycles. The molecule has 1 rings (SSSR count). The molecular formula is C13H16OS. The first-order chi connectivity index (χ1) is 7.24. The molecule has 0 unspecified atom stereocenters. The Kier molecular flexibility index (Phi) is 5.14. The van der Waals surface area contributed by atoms with Gasteiger partial charge in [-0.05, 0) is 26.0 Å². The van der Waals surface area contributed by atoms with Crippen LogP contribution in [0.5, 0.6) is 5.75 Å². The van der Waals surface area contributed by atoms with Crippen LogP contribution in [0.15, 0.2) is 24.3 Å². The van der Waals surface area contributed by atoms with Crippen molar-refractivity contribution in [2.75, 3.05) is 5.75 Å². The minimum absolute atomic E-state index is 0.179. The zero-order valence-electron chi connectivity index (χ0n) is 9.16. The number of thiol groups is 1. The molecule has 1 nitrogen and oxygen atoms in total. The van der Waals surface area contributed by atoms with Gasteiger partial charge in [-0.1, -0.05) is 24.0 Å². The van der Waals surface area contributed by atoms with Gasteiger partial charge in [0.15, 0.2) is 0 Å². The van der Waals surface area contributed by atoms with Crippen molar-refractivity contribution in [2.45, 2.75) is 26.4 Å². The minimum Gasteiger partial charge on any atom is -0.490 e. The van der Waals surface area contributed by atoms with Crippen molar-refractivity contribution in [3.8, 4) is 17.6 Å². The fourth-order valence-electron chi connectivity index (χ4n) is 1.14. The summed E-state index contributed by atoms with van der Waals surface area (Å²) in [6.45, 7) is 4.02. The van der Waals surface area contributed by atoms with E-state index in [1.54, 1.807) is 0 Å². The summed E-state index contributed by atoms with van der Waals surface area (Å²) >= 11 is 4.11. The molecule has 2 heteroatoms. The van der Waals surface area contributed by atoms with Crippen LogP contribution < -0.4 is 4.74 Å². The molecule has 0 aliphatic rings. The zero-order valence-corrected chi connectivity index (χ0v) is 10.1. The fourth-order valence-corrected chi connectivity index (χ4v) is 1.25. The summed E-state index contributed by atoms with van der Waals surface area (Å²) in [7, 11) is 0. The van der Waals surface area contributed by atoms with Gasteiger partial charge in [0.2, 0.25) is 0 Å². The van der Waals surface area contributed by atoms with Crippen LogP contribution in [-0.2, 0) is 0 Å². The predicted octanol–water partition coefficient (Wildman–Crippen LogP) is 3.15. The van der Waals surface area contributed by atoms with E-state index in [1.165, 1.54) is 0 Å². The Balaban J connectivity index is 2.83. The lowest BCUT2D eigenvalue weighted by molar-refractivity contribution is 0.242. The lowest BCUT2D eigenvalue weighted by atomic mass is 10.2. The van der Waals surface area contributed by atoms with Crippen molar-refractivity contribution in [1.82, 2.24) is 0 Å². The summed E-state index contributed by atoms with van der Waals surface area (Å²) in [4.78, 5) is 0. The monoisotopic (exact) mass is 220 g/mol. The van der Waals surface area contributed by atoms with E-state index in [0.717, 1.165) is 23.5 Å². The number of rotatable bonds is 3. The number of benzene rings is 1. The van der Waals surface area contributed by atoms with E-state index >= 15 is 0 Å². The third-order valence-electron chi connectivity index (χ3n) is 1.71. The second-order valence-corrected chi connectivity index (χ2v) is 3.89. The molecule has 80 valence electrons. The van der Waals surface area contributed by atoms with E-state index in [0.29, 0.717) is 0 Å².